The number of methoxy groups -OCH3 is 1. The van der Waals surface area contributed by atoms with Gasteiger partial charge in [0.05, 0.1) is 17.7 Å². The summed E-state index contributed by atoms with van der Waals surface area (Å²) in [6, 6.07) is 9.33. The molecule has 33 heavy (non-hydrogen) atoms. The molecule has 1 heterocycles. The molecule has 0 aliphatic carbocycles. The van der Waals surface area contributed by atoms with Gasteiger partial charge in [0, 0.05) is 6.54 Å². The molecule has 0 bridgehead atoms. The van der Waals surface area contributed by atoms with Crippen LogP contribution in [-0.4, -0.2) is 46.6 Å². The lowest BCUT2D eigenvalue weighted by Crippen LogP contribution is -2.53. The first-order chi connectivity index (χ1) is 15.7. The van der Waals surface area contributed by atoms with E-state index in [1.807, 2.05) is 0 Å². The van der Waals surface area contributed by atoms with Crippen molar-refractivity contribution in [3.8, 4) is 11.5 Å². The number of hydrogen-bond donors (Lipinski definition) is 2. The summed E-state index contributed by atoms with van der Waals surface area (Å²) >= 11 is 11.4. The van der Waals surface area contributed by atoms with Crippen molar-refractivity contribution in [2.75, 3.05) is 13.7 Å². The SMILES string of the molecule is C=CCN1C(=O)C(=Cc2cc(Cl)c(OCc3ccc(C(=O)O)cc3)c(OC)c2)C(=O)NC1=S. The van der Waals surface area contributed by atoms with Crippen LogP contribution < -0.4 is 14.8 Å². The summed E-state index contributed by atoms with van der Waals surface area (Å²) in [5.41, 5.74) is 1.23. The zero-order valence-corrected chi connectivity index (χ0v) is 19.0. The first-order valence-electron chi connectivity index (χ1n) is 9.57. The van der Waals surface area contributed by atoms with Gasteiger partial charge in [0.25, 0.3) is 11.8 Å². The van der Waals surface area contributed by atoms with E-state index in [0.29, 0.717) is 11.3 Å². The van der Waals surface area contributed by atoms with Crippen LogP contribution in [0.5, 0.6) is 11.5 Å². The van der Waals surface area contributed by atoms with Gasteiger partial charge in [-0.25, -0.2) is 4.79 Å². The van der Waals surface area contributed by atoms with Gasteiger partial charge in [-0.15, -0.1) is 6.58 Å². The highest BCUT2D eigenvalue weighted by Gasteiger charge is 2.32. The molecule has 3 rings (SSSR count). The van der Waals surface area contributed by atoms with Crippen molar-refractivity contribution < 1.29 is 29.0 Å². The molecule has 0 radical (unpaired) electrons. The second-order valence-electron chi connectivity index (χ2n) is 6.85. The van der Waals surface area contributed by atoms with E-state index in [1.54, 1.807) is 18.2 Å². The lowest BCUT2D eigenvalue weighted by atomic mass is 10.1. The third kappa shape index (κ3) is 5.39. The summed E-state index contributed by atoms with van der Waals surface area (Å²) in [4.78, 5) is 37.2. The van der Waals surface area contributed by atoms with E-state index in [9.17, 15) is 14.4 Å². The molecule has 1 fully saturated rings. The van der Waals surface area contributed by atoms with Gasteiger partial charge in [-0.1, -0.05) is 29.8 Å². The first-order valence-corrected chi connectivity index (χ1v) is 10.4. The number of hydrogen-bond acceptors (Lipinski definition) is 6. The molecule has 0 spiro atoms. The maximum atomic E-state index is 12.7. The van der Waals surface area contributed by atoms with Crippen LogP contribution in [0.4, 0.5) is 0 Å². The summed E-state index contributed by atoms with van der Waals surface area (Å²) < 4.78 is 11.2. The summed E-state index contributed by atoms with van der Waals surface area (Å²) in [7, 11) is 1.43. The predicted molar refractivity (Wildman–Crippen MR) is 126 cm³/mol. The number of carboxylic acids is 1. The van der Waals surface area contributed by atoms with Crippen molar-refractivity contribution in [1.82, 2.24) is 10.2 Å². The van der Waals surface area contributed by atoms with Gasteiger partial charge in [-0.3, -0.25) is 19.8 Å². The highest BCUT2D eigenvalue weighted by molar-refractivity contribution is 7.80. The van der Waals surface area contributed by atoms with Crippen molar-refractivity contribution in [2.45, 2.75) is 6.61 Å². The second-order valence-corrected chi connectivity index (χ2v) is 7.64. The van der Waals surface area contributed by atoms with E-state index in [2.05, 4.69) is 11.9 Å². The standard InChI is InChI=1S/C23H19ClN2O6S/c1-3-8-26-21(28)16(20(27)25-23(26)33)9-14-10-17(24)19(18(11-14)31-2)32-12-13-4-6-15(7-5-13)22(29)30/h3-7,9-11H,1,8,12H2,2H3,(H,29,30)(H,25,27,33). The number of ether oxygens (including phenoxy) is 2. The summed E-state index contributed by atoms with van der Waals surface area (Å²) in [5, 5.41) is 11.7. The molecule has 0 saturated carbocycles. The minimum absolute atomic E-state index is 0.0119. The van der Waals surface area contributed by atoms with Crippen molar-refractivity contribution in [2.24, 2.45) is 0 Å². The fraction of sp³-hybridized carbons (Fsp3) is 0.130. The van der Waals surface area contributed by atoms with Crippen molar-refractivity contribution in [3.05, 3.63) is 76.3 Å². The third-order valence-electron chi connectivity index (χ3n) is 4.64. The highest BCUT2D eigenvalue weighted by Crippen LogP contribution is 2.37. The molecule has 0 unspecified atom stereocenters. The lowest BCUT2D eigenvalue weighted by molar-refractivity contribution is -0.128. The van der Waals surface area contributed by atoms with Gasteiger partial charge in [0.15, 0.2) is 16.6 Å². The molecule has 1 aliphatic heterocycles. The van der Waals surface area contributed by atoms with E-state index in [4.69, 9.17) is 38.4 Å². The first kappa shape index (κ1) is 24.0. The normalized spacial score (nSPS) is 14.8. The van der Waals surface area contributed by atoms with E-state index in [-0.39, 0.29) is 40.2 Å². The minimum Gasteiger partial charge on any atom is -0.493 e. The number of halogens is 1. The Bertz CT molecular complexity index is 1180. The zero-order valence-electron chi connectivity index (χ0n) is 17.5. The van der Waals surface area contributed by atoms with Gasteiger partial charge in [0.1, 0.15) is 12.2 Å². The van der Waals surface area contributed by atoms with E-state index in [1.165, 1.54) is 42.4 Å². The maximum absolute atomic E-state index is 12.7. The Morgan fingerprint density at radius 3 is 2.58 bits per heavy atom. The summed E-state index contributed by atoms with van der Waals surface area (Å²) in [6.45, 7) is 3.86. The van der Waals surface area contributed by atoms with E-state index < -0.39 is 17.8 Å². The van der Waals surface area contributed by atoms with E-state index >= 15 is 0 Å². The van der Waals surface area contributed by atoms with Gasteiger partial charge in [0.2, 0.25) is 0 Å². The maximum Gasteiger partial charge on any atom is 0.335 e. The Balaban J connectivity index is 1.85. The van der Waals surface area contributed by atoms with Gasteiger partial charge < -0.3 is 14.6 Å². The van der Waals surface area contributed by atoms with Crippen LogP contribution in [-0.2, 0) is 16.2 Å². The topological polar surface area (TPSA) is 105 Å². The number of aromatic carboxylic acids is 1. The molecule has 2 N–H and O–H groups in total. The number of amides is 2. The quantitative estimate of drug-likeness (QED) is 0.255. The molecule has 0 atom stereocenters. The molecule has 2 amide bonds. The average Bonchev–Trinajstić information content (AvgIpc) is 2.78. The van der Waals surface area contributed by atoms with Crippen LogP contribution in [0, 0.1) is 0 Å². The summed E-state index contributed by atoms with van der Waals surface area (Å²) in [6.07, 6.45) is 2.89. The fourth-order valence-corrected chi connectivity index (χ4v) is 3.54. The van der Waals surface area contributed by atoms with Crippen molar-refractivity contribution in [3.63, 3.8) is 0 Å². The number of thiocarbonyl (C=S) groups is 1. The Kier molecular flexibility index (Phi) is 7.47. The number of carboxylic acid groups (broad SMARTS) is 1. The van der Waals surface area contributed by atoms with Crippen molar-refractivity contribution >= 4 is 52.8 Å². The highest BCUT2D eigenvalue weighted by atomic mass is 35.5. The molecular formula is C23H19ClN2O6S. The second kappa shape index (κ2) is 10.3. The molecule has 1 aliphatic rings. The van der Waals surface area contributed by atoms with Crippen molar-refractivity contribution in [1.29, 1.82) is 0 Å². The van der Waals surface area contributed by atoms with Crippen LogP contribution >= 0.6 is 23.8 Å². The van der Waals surface area contributed by atoms with Crippen LogP contribution in [0.1, 0.15) is 21.5 Å². The average molecular weight is 487 g/mol. The van der Waals surface area contributed by atoms with E-state index in [0.717, 1.165) is 5.56 Å². The minimum atomic E-state index is -1.02. The van der Waals surface area contributed by atoms with Crippen LogP contribution in [0.25, 0.3) is 6.08 Å². The van der Waals surface area contributed by atoms with Gasteiger partial charge >= 0.3 is 5.97 Å². The van der Waals surface area contributed by atoms with Crippen LogP contribution in [0.3, 0.4) is 0 Å². The number of rotatable bonds is 8. The predicted octanol–water partition coefficient (Wildman–Crippen LogP) is 3.44. The largest absolute Gasteiger partial charge is 0.493 e. The molecule has 8 nitrogen and oxygen atoms in total. The Morgan fingerprint density at radius 1 is 1.27 bits per heavy atom. The monoisotopic (exact) mass is 486 g/mol. The molecule has 2 aromatic carbocycles. The molecule has 2 aromatic rings. The number of nitrogens with one attached hydrogen (secondary N) is 1. The number of benzene rings is 2. The molecular weight excluding hydrogens is 468 g/mol. The zero-order chi connectivity index (χ0) is 24.1. The Morgan fingerprint density at radius 2 is 1.97 bits per heavy atom. The fourth-order valence-electron chi connectivity index (χ4n) is 3.02. The number of nitrogens with zero attached hydrogens (tertiary/aromatic N) is 1. The number of carbonyl (C=O) groups is 3. The van der Waals surface area contributed by atoms with Crippen LogP contribution in [0.2, 0.25) is 5.02 Å². The molecule has 0 aromatic heterocycles. The Labute approximate surface area is 200 Å². The van der Waals surface area contributed by atoms with Gasteiger partial charge in [-0.2, -0.15) is 0 Å². The van der Waals surface area contributed by atoms with Gasteiger partial charge in [-0.05, 0) is 53.7 Å². The van der Waals surface area contributed by atoms with Crippen LogP contribution in [0.15, 0.2) is 54.6 Å². The third-order valence-corrected chi connectivity index (χ3v) is 5.25. The molecule has 170 valence electrons. The Hall–Kier alpha value is -3.69. The summed E-state index contributed by atoms with van der Waals surface area (Å²) in [5.74, 6) is -1.64. The lowest BCUT2D eigenvalue weighted by Gasteiger charge is -2.27. The smallest absolute Gasteiger partial charge is 0.335 e. The molecule has 10 heteroatoms. The number of carbonyl (C=O) groups excluding carboxylic acids is 2. The molecule has 1 saturated heterocycles.